The van der Waals surface area contributed by atoms with Gasteiger partial charge in [-0.3, -0.25) is 4.90 Å². The first-order valence-electron chi connectivity index (χ1n) is 6.71. The minimum absolute atomic E-state index is 0.203. The van der Waals surface area contributed by atoms with Crippen LogP contribution in [0.3, 0.4) is 0 Å². The molecule has 104 valence electrons. The predicted molar refractivity (Wildman–Crippen MR) is 70.0 cm³/mol. The van der Waals surface area contributed by atoms with Crippen molar-refractivity contribution in [3.63, 3.8) is 0 Å². The summed E-state index contributed by atoms with van der Waals surface area (Å²) in [4.78, 5) is 2.29. The zero-order valence-corrected chi connectivity index (χ0v) is 10.9. The van der Waals surface area contributed by atoms with Crippen LogP contribution in [0.2, 0.25) is 0 Å². The Morgan fingerprint density at radius 3 is 2.53 bits per heavy atom. The molecule has 2 saturated heterocycles. The van der Waals surface area contributed by atoms with Crippen LogP contribution in [0.5, 0.6) is 0 Å². The summed E-state index contributed by atoms with van der Waals surface area (Å²) in [6, 6.07) is 5.02. The van der Waals surface area contributed by atoms with Gasteiger partial charge in [-0.1, -0.05) is 6.07 Å². The number of nitrogens with zero attached hydrogens (tertiary/aromatic N) is 1. The third-order valence-electron chi connectivity index (χ3n) is 3.90. The van der Waals surface area contributed by atoms with Crippen molar-refractivity contribution in [2.45, 2.75) is 25.2 Å². The molecule has 0 atom stereocenters. The van der Waals surface area contributed by atoms with Gasteiger partial charge in [0.05, 0.1) is 18.9 Å². The Balaban J connectivity index is 1.58. The van der Waals surface area contributed by atoms with Crippen LogP contribution in [-0.4, -0.2) is 37.0 Å². The van der Waals surface area contributed by atoms with Gasteiger partial charge in [0.15, 0.2) is 5.79 Å². The quantitative estimate of drug-likeness (QED) is 0.828. The fourth-order valence-electron chi connectivity index (χ4n) is 2.76. The highest BCUT2D eigenvalue weighted by Crippen LogP contribution is 2.31. The molecule has 4 nitrogen and oxygen atoms in total. The fraction of sp³-hybridized carbons (Fsp3) is 0.571. The minimum atomic E-state index is -0.344. The smallest absolute Gasteiger partial charge is 0.170 e. The topological polar surface area (TPSA) is 47.7 Å². The molecule has 1 spiro atoms. The van der Waals surface area contributed by atoms with Gasteiger partial charge >= 0.3 is 0 Å². The highest BCUT2D eigenvalue weighted by molar-refractivity contribution is 5.41. The van der Waals surface area contributed by atoms with E-state index in [1.54, 1.807) is 6.07 Å². The van der Waals surface area contributed by atoms with E-state index in [4.69, 9.17) is 15.2 Å². The Bertz CT molecular complexity index is 451. The number of rotatable bonds is 2. The normalized spacial score (nSPS) is 23.0. The van der Waals surface area contributed by atoms with Crippen LogP contribution >= 0.6 is 0 Å². The number of benzene rings is 1. The minimum Gasteiger partial charge on any atom is -0.396 e. The lowest BCUT2D eigenvalue weighted by molar-refractivity contribution is -0.185. The predicted octanol–water partition coefficient (Wildman–Crippen LogP) is 1.75. The number of likely N-dealkylation sites (tertiary alicyclic amines) is 1. The van der Waals surface area contributed by atoms with E-state index in [9.17, 15) is 4.39 Å². The van der Waals surface area contributed by atoms with Gasteiger partial charge in [0.2, 0.25) is 0 Å². The summed E-state index contributed by atoms with van der Waals surface area (Å²) < 4.78 is 24.8. The maximum atomic E-state index is 13.4. The van der Waals surface area contributed by atoms with Gasteiger partial charge in [-0.25, -0.2) is 4.39 Å². The van der Waals surface area contributed by atoms with E-state index in [0.717, 1.165) is 38.0 Å². The van der Waals surface area contributed by atoms with Gasteiger partial charge in [-0.05, 0) is 17.7 Å². The number of anilines is 1. The van der Waals surface area contributed by atoms with Gasteiger partial charge in [-0.15, -0.1) is 0 Å². The maximum Gasteiger partial charge on any atom is 0.170 e. The van der Waals surface area contributed by atoms with Gasteiger partial charge < -0.3 is 15.2 Å². The summed E-state index contributed by atoms with van der Waals surface area (Å²) in [5, 5.41) is 0. The summed E-state index contributed by atoms with van der Waals surface area (Å²) >= 11 is 0. The monoisotopic (exact) mass is 266 g/mol. The van der Waals surface area contributed by atoms with Crippen molar-refractivity contribution in [1.82, 2.24) is 4.90 Å². The Morgan fingerprint density at radius 2 is 1.89 bits per heavy atom. The van der Waals surface area contributed by atoms with Gasteiger partial charge in [0.1, 0.15) is 5.82 Å². The van der Waals surface area contributed by atoms with E-state index in [0.29, 0.717) is 13.2 Å². The molecular formula is C14H19FN2O2. The average molecular weight is 266 g/mol. The molecule has 0 aliphatic carbocycles. The second-order valence-electron chi connectivity index (χ2n) is 5.24. The molecule has 3 rings (SSSR count). The summed E-state index contributed by atoms with van der Waals surface area (Å²) in [6.45, 7) is 3.96. The Morgan fingerprint density at radius 1 is 1.21 bits per heavy atom. The van der Waals surface area contributed by atoms with E-state index < -0.39 is 0 Å². The lowest BCUT2D eigenvalue weighted by atomic mass is 10.0. The average Bonchev–Trinajstić information content (AvgIpc) is 2.86. The molecule has 0 aromatic heterocycles. The van der Waals surface area contributed by atoms with E-state index in [2.05, 4.69) is 4.90 Å². The zero-order chi connectivity index (χ0) is 13.3. The van der Waals surface area contributed by atoms with Crippen molar-refractivity contribution in [2.24, 2.45) is 0 Å². The van der Waals surface area contributed by atoms with Gasteiger partial charge in [0.25, 0.3) is 0 Å². The van der Waals surface area contributed by atoms with Crippen molar-refractivity contribution in [1.29, 1.82) is 0 Å². The second-order valence-corrected chi connectivity index (χ2v) is 5.24. The van der Waals surface area contributed by atoms with Crippen molar-refractivity contribution < 1.29 is 13.9 Å². The first kappa shape index (κ1) is 12.8. The summed E-state index contributed by atoms with van der Waals surface area (Å²) in [7, 11) is 0. The molecular weight excluding hydrogens is 247 g/mol. The molecule has 2 fully saturated rings. The molecule has 0 saturated carbocycles. The Labute approximate surface area is 112 Å². The van der Waals surface area contributed by atoms with Crippen LogP contribution in [0.15, 0.2) is 18.2 Å². The number of halogens is 1. The number of hydrogen-bond donors (Lipinski definition) is 1. The van der Waals surface area contributed by atoms with Crippen molar-refractivity contribution in [3.8, 4) is 0 Å². The summed E-state index contributed by atoms with van der Waals surface area (Å²) in [5.74, 6) is -0.684. The SMILES string of the molecule is Nc1ccc(CN2CCC3(CC2)OCCO3)cc1F. The third-order valence-corrected chi connectivity index (χ3v) is 3.90. The van der Waals surface area contributed by atoms with Gasteiger partial charge in [-0.2, -0.15) is 0 Å². The first-order chi connectivity index (χ1) is 9.17. The highest BCUT2D eigenvalue weighted by Gasteiger charge is 2.39. The Kier molecular flexibility index (Phi) is 3.43. The lowest BCUT2D eigenvalue weighted by Gasteiger charge is -2.37. The molecule has 19 heavy (non-hydrogen) atoms. The summed E-state index contributed by atoms with van der Waals surface area (Å²) in [5.41, 5.74) is 6.64. The maximum absolute atomic E-state index is 13.4. The summed E-state index contributed by atoms with van der Waals surface area (Å²) in [6.07, 6.45) is 1.76. The molecule has 2 N–H and O–H groups in total. The van der Waals surface area contributed by atoms with Crippen molar-refractivity contribution >= 4 is 5.69 Å². The number of ether oxygens (including phenoxy) is 2. The number of piperidine rings is 1. The number of nitrogen functional groups attached to an aromatic ring is 1. The molecule has 1 aromatic carbocycles. The molecule has 0 bridgehead atoms. The van der Waals surface area contributed by atoms with Crippen LogP contribution in [0.1, 0.15) is 18.4 Å². The molecule has 5 heteroatoms. The van der Waals surface area contributed by atoms with Crippen LogP contribution in [0, 0.1) is 5.82 Å². The molecule has 1 aromatic rings. The van der Waals surface area contributed by atoms with Crippen LogP contribution in [-0.2, 0) is 16.0 Å². The van der Waals surface area contributed by atoms with Crippen LogP contribution < -0.4 is 5.73 Å². The molecule has 2 aliphatic rings. The lowest BCUT2D eigenvalue weighted by Crippen LogP contribution is -2.44. The van der Waals surface area contributed by atoms with E-state index in [1.165, 1.54) is 6.07 Å². The first-order valence-corrected chi connectivity index (χ1v) is 6.71. The highest BCUT2D eigenvalue weighted by atomic mass is 19.1. The van der Waals surface area contributed by atoms with E-state index in [-0.39, 0.29) is 17.3 Å². The number of nitrogens with two attached hydrogens (primary N) is 1. The van der Waals surface area contributed by atoms with Crippen LogP contribution in [0.4, 0.5) is 10.1 Å². The molecule has 0 radical (unpaired) electrons. The largest absolute Gasteiger partial charge is 0.396 e. The van der Waals surface area contributed by atoms with E-state index >= 15 is 0 Å². The third kappa shape index (κ3) is 2.73. The molecule has 2 aliphatic heterocycles. The number of hydrogen-bond acceptors (Lipinski definition) is 4. The zero-order valence-electron chi connectivity index (χ0n) is 10.9. The van der Waals surface area contributed by atoms with Gasteiger partial charge in [0, 0.05) is 32.5 Å². The molecule has 2 heterocycles. The Hall–Kier alpha value is -1.17. The van der Waals surface area contributed by atoms with Crippen molar-refractivity contribution in [3.05, 3.63) is 29.6 Å². The standard InChI is InChI=1S/C14H19FN2O2/c15-12-9-11(1-2-13(12)16)10-17-5-3-14(4-6-17)18-7-8-19-14/h1-2,9H,3-8,10,16H2. The van der Waals surface area contributed by atoms with E-state index in [1.807, 2.05) is 6.07 Å². The van der Waals surface area contributed by atoms with Crippen molar-refractivity contribution in [2.75, 3.05) is 32.0 Å². The fourth-order valence-corrected chi connectivity index (χ4v) is 2.76. The molecule has 0 amide bonds. The second kappa shape index (κ2) is 5.07. The molecule has 0 unspecified atom stereocenters. The van der Waals surface area contributed by atoms with Crippen LogP contribution in [0.25, 0.3) is 0 Å².